The van der Waals surface area contributed by atoms with Gasteiger partial charge >= 0.3 is 0 Å². The molecule has 0 aromatic heterocycles. The first-order chi connectivity index (χ1) is 8.70. The normalized spacial score (nSPS) is 14.4. The molecule has 1 aliphatic rings. The predicted molar refractivity (Wildman–Crippen MR) is 73.2 cm³/mol. The molecule has 1 aromatic rings. The second-order valence-corrected chi connectivity index (χ2v) is 5.02. The summed E-state index contributed by atoms with van der Waals surface area (Å²) in [5.74, 6) is 0.791. The smallest absolute Gasteiger partial charge is 0.142 e. The van der Waals surface area contributed by atoms with E-state index in [4.69, 9.17) is 21.2 Å². The van der Waals surface area contributed by atoms with Crippen LogP contribution in [0.1, 0.15) is 35.1 Å². The van der Waals surface area contributed by atoms with Gasteiger partial charge in [0.15, 0.2) is 0 Å². The number of rotatable bonds is 4. The van der Waals surface area contributed by atoms with Gasteiger partial charge in [0.25, 0.3) is 0 Å². The van der Waals surface area contributed by atoms with Crippen molar-refractivity contribution in [2.45, 2.75) is 39.2 Å². The van der Waals surface area contributed by atoms with E-state index in [0.29, 0.717) is 6.54 Å². The number of benzene rings is 1. The van der Waals surface area contributed by atoms with Crippen molar-refractivity contribution >= 4 is 11.6 Å². The van der Waals surface area contributed by atoms with Gasteiger partial charge in [0.2, 0.25) is 0 Å². The lowest BCUT2D eigenvalue weighted by Crippen LogP contribution is -2.16. The summed E-state index contributed by atoms with van der Waals surface area (Å²) >= 11 is 6.49. The molecule has 1 aliphatic carbocycles. The summed E-state index contributed by atoms with van der Waals surface area (Å²) in [6.45, 7) is 2.76. The molecule has 0 atom stereocenters. The fraction of sp³-hybridized carbons (Fsp3) is 0.571. The number of fused-ring (bicyclic) bond motifs is 1. The van der Waals surface area contributed by atoms with E-state index in [1.54, 1.807) is 14.2 Å². The Morgan fingerprint density at radius 1 is 1.17 bits per heavy atom. The summed E-state index contributed by atoms with van der Waals surface area (Å²) in [5, 5.41) is 0.783. The van der Waals surface area contributed by atoms with E-state index in [1.807, 2.05) is 0 Å². The number of halogens is 1. The van der Waals surface area contributed by atoms with Gasteiger partial charge in [-0.1, -0.05) is 11.6 Å². The predicted octanol–water partition coefficient (Wildman–Crippen LogP) is 3.19. The van der Waals surface area contributed by atoms with Crippen molar-refractivity contribution in [2.75, 3.05) is 14.2 Å². The highest BCUT2D eigenvalue weighted by Crippen LogP contribution is 2.40. The van der Waals surface area contributed by atoms with Crippen LogP contribution in [0.4, 0.5) is 0 Å². The molecule has 0 bridgehead atoms. The van der Waals surface area contributed by atoms with Crippen LogP contribution >= 0.6 is 11.6 Å². The lowest BCUT2D eigenvalue weighted by atomic mass is 9.86. The number of methoxy groups -OCH3 is 1. The standard InChI is InChI=1S/C14H20ClNO2/c1-9-10-6-4-5-7-11(10)13(15)14(17-2)12(9)8-16-18-3/h16H,4-8H2,1-3H3. The summed E-state index contributed by atoms with van der Waals surface area (Å²) in [4.78, 5) is 4.94. The van der Waals surface area contributed by atoms with Crippen LogP contribution in [0.5, 0.6) is 5.75 Å². The minimum Gasteiger partial charge on any atom is -0.495 e. The zero-order valence-electron chi connectivity index (χ0n) is 11.2. The number of nitrogens with one attached hydrogen (secondary N) is 1. The number of ether oxygens (including phenoxy) is 1. The molecule has 1 aromatic carbocycles. The Morgan fingerprint density at radius 3 is 2.44 bits per heavy atom. The third-order valence-corrected chi connectivity index (χ3v) is 4.11. The van der Waals surface area contributed by atoms with Crippen LogP contribution in [-0.2, 0) is 24.2 Å². The van der Waals surface area contributed by atoms with Crippen molar-refractivity contribution in [1.29, 1.82) is 0 Å². The molecule has 4 heteroatoms. The highest BCUT2D eigenvalue weighted by atomic mass is 35.5. The van der Waals surface area contributed by atoms with Gasteiger partial charge in [0.1, 0.15) is 5.75 Å². The minimum atomic E-state index is 0.610. The lowest BCUT2D eigenvalue weighted by Gasteiger charge is -2.24. The number of hydroxylamine groups is 1. The van der Waals surface area contributed by atoms with Gasteiger partial charge < -0.3 is 9.57 Å². The summed E-state index contributed by atoms with van der Waals surface area (Å²) in [7, 11) is 3.29. The lowest BCUT2D eigenvalue weighted by molar-refractivity contribution is 0.0859. The Labute approximate surface area is 113 Å². The van der Waals surface area contributed by atoms with Gasteiger partial charge in [0.05, 0.1) is 19.2 Å². The molecule has 3 nitrogen and oxygen atoms in total. The van der Waals surface area contributed by atoms with Crippen LogP contribution in [0.15, 0.2) is 0 Å². The van der Waals surface area contributed by atoms with E-state index in [-0.39, 0.29) is 0 Å². The summed E-state index contributed by atoms with van der Waals surface area (Å²) < 4.78 is 5.49. The van der Waals surface area contributed by atoms with Crippen LogP contribution < -0.4 is 10.2 Å². The summed E-state index contributed by atoms with van der Waals surface area (Å²) in [6, 6.07) is 0. The van der Waals surface area contributed by atoms with Gasteiger partial charge in [-0.25, -0.2) is 0 Å². The maximum atomic E-state index is 6.49. The Morgan fingerprint density at radius 2 is 1.83 bits per heavy atom. The Bertz CT molecular complexity index is 446. The fourth-order valence-electron chi connectivity index (χ4n) is 2.75. The van der Waals surface area contributed by atoms with Gasteiger partial charge in [-0.2, -0.15) is 5.48 Å². The first-order valence-corrected chi connectivity index (χ1v) is 6.71. The van der Waals surface area contributed by atoms with Crippen molar-refractivity contribution in [1.82, 2.24) is 5.48 Å². The molecule has 0 amide bonds. The third kappa shape index (κ3) is 2.35. The fourth-order valence-corrected chi connectivity index (χ4v) is 3.15. The Kier molecular flexibility index (Phi) is 4.49. The largest absolute Gasteiger partial charge is 0.495 e. The van der Waals surface area contributed by atoms with Crippen molar-refractivity contribution in [3.63, 3.8) is 0 Å². The minimum absolute atomic E-state index is 0.610. The second-order valence-electron chi connectivity index (χ2n) is 4.64. The molecule has 1 N–H and O–H groups in total. The third-order valence-electron chi connectivity index (χ3n) is 3.71. The zero-order valence-corrected chi connectivity index (χ0v) is 12.0. The molecule has 0 spiro atoms. The van der Waals surface area contributed by atoms with Crippen LogP contribution in [0.25, 0.3) is 0 Å². The highest BCUT2D eigenvalue weighted by Gasteiger charge is 2.22. The van der Waals surface area contributed by atoms with Crippen molar-refractivity contribution in [3.05, 3.63) is 27.3 Å². The van der Waals surface area contributed by atoms with Crippen LogP contribution in [0.2, 0.25) is 5.02 Å². The Hall–Kier alpha value is -0.770. The van der Waals surface area contributed by atoms with Crippen LogP contribution in [0.3, 0.4) is 0 Å². The van der Waals surface area contributed by atoms with Crippen molar-refractivity contribution in [3.8, 4) is 5.75 Å². The average Bonchev–Trinajstić information content (AvgIpc) is 2.41. The quantitative estimate of drug-likeness (QED) is 0.852. The van der Waals surface area contributed by atoms with Crippen molar-refractivity contribution < 1.29 is 9.57 Å². The monoisotopic (exact) mass is 269 g/mol. The molecule has 2 rings (SSSR count). The molecule has 0 saturated heterocycles. The Balaban J connectivity index is 2.53. The van der Waals surface area contributed by atoms with E-state index < -0.39 is 0 Å². The van der Waals surface area contributed by atoms with Gasteiger partial charge in [-0.3, -0.25) is 0 Å². The first-order valence-electron chi connectivity index (χ1n) is 6.33. The number of hydrogen-bond donors (Lipinski definition) is 1. The second kappa shape index (κ2) is 5.91. The van der Waals surface area contributed by atoms with Gasteiger partial charge in [-0.15, -0.1) is 0 Å². The first kappa shape index (κ1) is 13.7. The van der Waals surface area contributed by atoms with E-state index in [2.05, 4.69) is 12.4 Å². The summed E-state index contributed by atoms with van der Waals surface area (Å²) in [5.41, 5.74) is 7.94. The van der Waals surface area contributed by atoms with E-state index >= 15 is 0 Å². The molecule has 0 saturated carbocycles. The maximum Gasteiger partial charge on any atom is 0.142 e. The molecule has 0 unspecified atom stereocenters. The van der Waals surface area contributed by atoms with Crippen LogP contribution in [-0.4, -0.2) is 14.2 Å². The molecule has 0 aliphatic heterocycles. The topological polar surface area (TPSA) is 30.5 Å². The molecule has 0 fully saturated rings. The van der Waals surface area contributed by atoms with Gasteiger partial charge in [-0.05, 0) is 49.3 Å². The van der Waals surface area contributed by atoms with Crippen LogP contribution in [0, 0.1) is 6.92 Å². The zero-order chi connectivity index (χ0) is 13.1. The van der Waals surface area contributed by atoms with Gasteiger partial charge in [0, 0.05) is 12.1 Å². The maximum absolute atomic E-state index is 6.49. The highest BCUT2D eigenvalue weighted by molar-refractivity contribution is 6.33. The van der Waals surface area contributed by atoms with E-state index in [9.17, 15) is 0 Å². The SMILES string of the molecule is CONCc1c(C)c2c(c(Cl)c1OC)CCCC2. The van der Waals surface area contributed by atoms with Crippen molar-refractivity contribution in [2.24, 2.45) is 0 Å². The molecular weight excluding hydrogens is 250 g/mol. The average molecular weight is 270 g/mol. The molecule has 100 valence electrons. The van der Waals surface area contributed by atoms with E-state index in [1.165, 1.54) is 29.5 Å². The summed E-state index contributed by atoms with van der Waals surface area (Å²) in [6.07, 6.45) is 4.63. The number of hydrogen-bond acceptors (Lipinski definition) is 3. The molecule has 0 heterocycles. The van der Waals surface area contributed by atoms with E-state index in [0.717, 1.165) is 29.2 Å². The molecular formula is C14H20ClNO2. The molecule has 18 heavy (non-hydrogen) atoms. The molecule has 0 radical (unpaired) electrons.